The molecule has 0 spiro atoms. The number of allylic oxidation sites excluding steroid dienone is 1. The number of carbonyl (C=O) groups is 1. The van der Waals surface area contributed by atoms with Crippen LogP contribution in [0.4, 0.5) is 27.8 Å². The molecular weight excluding hydrogens is 429 g/mol. The fourth-order valence-corrected chi connectivity index (χ4v) is 3.75. The molecule has 0 saturated carbocycles. The molecule has 1 amide bonds. The third-order valence-electron chi connectivity index (χ3n) is 5.25. The van der Waals surface area contributed by atoms with Crippen LogP contribution in [0.1, 0.15) is 12.8 Å². The van der Waals surface area contributed by atoms with Gasteiger partial charge in [-0.1, -0.05) is 0 Å². The molecular formula is C18H20F5N5O3. The number of anilines is 1. The van der Waals surface area contributed by atoms with E-state index in [1.54, 1.807) is 0 Å². The number of aliphatic imine (C=N–C) groups is 1. The number of aliphatic hydroxyl groups is 1. The summed E-state index contributed by atoms with van der Waals surface area (Å²) in [5.41, 5.74) is 10.9. The summed E-state index contributed by atoms with van der Waals surface area (Å²) in [7, 11) is 0. The summed E-state index contributed by atoms with van der Waals surface area (Å²) in [6, 6.07) is 2.83. The van der Waals surface area contributed by atoms with Crippen molar-refractivity contribution in [3.05, 3.63) is 29.6 Å². The van der Waals surface area contributed by atoms with Gasteiger partial charge in [-0.25, -0.2) is 4.98 Å². The lowest BCUT2D eigenvalue weighted by Crippen LogP contribution is -2.49. The van der Waals surface area contributed by atoms with E-state index in [2.05, 4.69) is 14.7 Å². The normalized spacial score (nSPS) is 24.9. The number of ether oxygens (including phenoxy) is 1. The number of hydrogen-bond acceptors (Lipinski definition) is 7. The van der Waals surface area contributed by atoms with Crippen molar-refractivity contribution < 1.29 is 36.6 Å². The molecule has 1 aromatic rings. The largest absolute Gasteiger partial charge is 0.433 e. The number of rotatable bonds is 4. The van der Waals surface area contributed by atoms with E-state index in [4.69, 9.17) is 11.5 Å². The molecule has 170 valence electrons. The summed E-state index contributed by atoms with van der Waals surface area (Å²) in [5.74, 6) is -4.66. The monoisotopic (exact) mass is 449 g/mol. The highest BCUT2D eigenvalue weighted by molar-refractivity contribution is 6.09. The van der Waals surface area contributed by atoms with Crippen molar-refractivity contribution in [2.24, 2.45) is 28.3 Å². The van der Waals surface area contributed by atoms with Crippen LogP contribution >= 0.6 is 0 Å². The standard InChI is InChI=1S/C18H20F5N5O3/c19-17(20)31-9-1-2-10(26-7-9)28-5-3-8(4-6-28)13(24)11-12(18(21,22)23)14(29)16(30)27-15(11)25/h1-2,7-8,12,14,17,29H,3-6,24H2,(H2,25,27,30)/t12?,14-/m1/s1. The Morgan fingerprint density at radius 1 is 1.26 bits per heavy atom. The Bertz CT molecular complexity index is 880. The second kappa shape index (κ2) is 8.65. The van der Waals surface area contributed by atoms with E-state index in [0.717, 1.165) is 6.20 Å². The van der Waals surface area contributed by atoms with Gasteiger partial charge in [0.25, 0.3) is 5.91 Å². The minimum atomic E-state index is -4.94. The molecule has 1 aromatic heterocycles. The minimum absolute atomic E-state index is 0.0963. The number of alkyl halides is 5. The van der Waals surface area contributed by atoms with Crippen molar-refractivity contribution >= 4 is 17.6 Å². The van der Waals surface area contributed by atoms with E-state index >= 15 is 0 Å². The lowest BCUT2D eigenvalue weighted by molar-refractivity contribution is -0.190. The van der Waals surface area contributed by atoms with Crippen LogP contribution in [0, 0.1) is 11.8 Å². The molecule has 1 saturated heterocycles. The number of pyridine rings is 1. The van der Waals surface area contributed by atoms with Crippen molar-refractivity contribution in [1.82, 2.24) is 4.98 Å². The quantitative estimate of drug-likeness (QED) is 0.595. The minimum Gasteiger partial charge on any atom is -0.433 e. The molecule has 0 aliphatic carbocycles. The van der Waals surface area contributed by atoms with Gasteiger partial charge in [0.2, 0.25) is 0 Å². The van der Waals surface area contributed by atoms with Crippen LogP contribution in [-0.4, -0.2) is 53.8 Å². The Morgan fingerprint density at radius 3 is 2.42 bits per heavy atom. The van der Waals surface area contributed by atoms with E-state index in [1.165, 1.54) is 12.1 Å². The van der Waals surface area contributed by atoms with Gasteiger partial charge in [-0.2, -0.15) is 26.9 Å². The summed E-state index contributed by atoms with van der Waals surface area (Å²) >= 11 is 0. The number of halogens is 5. The highest BCUT2D eigenvalue weighted by Crippen LogP contribution is 2.40. The summed E-state index contributed by atoms with van der Waals surface area (Å²) in [6.07, 6.45) is -5.51. The molecule has 2 aliphatic rings. The number of hydrogen-bond donors (Lipinski definition) is 3. The lowest BCUT2D eigenvalue weighted by Gasteiger charge is -2.36. The first-order valence-corrected chi connectivity index (χ1v) is 9.27. The van der Waals surface area contributed by atoms with Crippen molar-refractivity contribution in [2.75, 3.05) is 18.0 Å². The molecule has 0 aromatic carbocycles. The zero-order valence-corrected chi connectivity index (χ0v) is 16.0. The van der Waals surface area contributed by atoms with Crippen LogP contribution in [-0.2, 0) is 4.79 Å². The second-order valence-electron chi connectivity index (χ2n) is 7.16. The third-order valence-corrected chi connectivity index (χ3v) is 5.25. The van der Waals surface area contributed by atoms with Crippen LogP contribution in [0.5, 0.6) is 5.75 Å². The van der Waals surface area contributed by atoms with Crippen LogP contribution in [0.2, 0.25) is 0 Å². The number of nitrogens with zero attached hydrogens (tertiary/aromatic N) is 3. The topological polar surface area (TPSA) is 127 Å². The first kappa shape index (κ1) is 22.7. The Hall–Kier alpha value is -2.96. The first-order valence-electron chi connectivity index (χ1n) is 9.27. The summed E-state index contributed by atoms with van der Waals surface area (Å²) in [4.78, 5) is 20.7. The second-order valence-corrected chi connectivity index (χ2v) is 7.16. The molecule has 2 atom stereocenters. The predicted octanol–water partition coefficient (Wildman–Crippen LogP) is 1.55. The van der Waals surface area contributed by atoms with E-state index in [9.17, 15) is 31.9 Å². The predicted molar refractivity (Wildman–Crippen MR) is 99.2 cm³/mol. The summed E-state index contributed by atoms with van der Waals surface area (Å²) in [5, 5.41) is 9.78. The number of aromatic nitrogens is 1. The van der Waals surface area contributed by atoms with Crippen LogP contribution in [0.3, 0.4) is 0 Å². The van der Waals surface area contributed by atoms with E-state index in [-0.39, 0.29) is 11.4 Å². The highest BCUT2D eigenvalue weighted by Gasteiger charge is 2.53. The van der Waals surface area contributed by atoms with Crippen LogP contribution in [0.15, 0.2) is 34.6 Å². The van der Waals surface area contributed by atoms with Crippen molar-refractivity contribution in [2.45, 2.75) is 31.7 Å². The van der Waals surface area contributed by atoms with Gasteiger partial charge >= 0.3 is 12.8 Å². The first-order chi connectivity index (χ1) is 14.5. The maximum Gasteiger partial charge on any atom is 0.398 e. The van der Waals surface area contributed by atoms with Gasteiger partial charge in [0, 0.05) is 30.3 Å². The van der Waals surface area contributed by atoms with Crippen LogP contribution in [0.25, 0.3) is 0 Å². The lowest BCUT2D eigenvalue weighted by atomic mass is 9.82. The van der Waals surface area contributed by atoms with Gasteiger partial charge in [0.1, 0.15) is 23.3 Å². The molecule has 13 heteroatoms. The molecule has 1 fully saturated rings. The van der Waals surface area contributed by atoms with E-state index < -0.39 is 48.0 Å². The Labute approximate surface area is 173 Å². The SMILES string of the molecule is NC1=NC(=O)[C@H](O)C(C(F)(F)F)C1=C(N)C1CCN(c2ccc(OC(F)F)cn2)CC1. The smallest absolute Gasteiger partial charge is 0.398 e. The number of piperidine rings is 1. The number of carbonyl (C=O) groups excluding carboxylic acids is 1. The zero-order valence-electron chi connectivity index (χ0n) is 16.0. The number of amides is 1. The maximum absolute atomic E-state index is 13.5. The molecule has 0 bridgehead atoms. The van der Waals surface area contributed by atoms with Gasteiger partial charge in [-0.15, -0.1) is 0 Å². The van der Waals surface area contributed by atoms with Crippen molar-refractivity contribution in [3.8, 4) is 5.75 Å². The number of nitrogens with two attached hydrogens (primary N) is 2. The molecule has 31 heavy (non-hydrogen) atoms. The average Bonchev–Trinajstić information content (AvgIpc) is 2.69. The zero-order chi connectivity index (χ0) is 22.9. The Kier molecular flexibility index (Phi) is 6.34. The number of aliphatic hydroxyl groups excluding tert-OH is 1. The maximum atomic E-state index is 13.5. The highest BCUT2D eigenvalue weighted by atomic mass is 19.4. The average molecular weight is 449 g/mol. The van der Waals surface area contributed by atoms with Crippen molar-refractivity contribution in [3.63, 3.8) is 0 Å². The van der Waals surface area contributed by atoms with Gasteiger partial charge in [0.05, 0.1) is 6.20 Å². The fraction of sp³-hybridized carbons (Fsp3) is 0.500. The van der Waals surface area contributed by atoms with E-state index in [0.29, 0.717) is 31.7 Å². The molecule has 3 rings (SSSR count). The van der Waals surface area contributed by atoms with Gasteiger partial charge in [0.15, 0.2) is 6.10 Å². The van der Waals surface area contributed by atoms with Gasteiger partial charge < -0.3 is 26.2 Å². The third kappa shape index (κ3) is 4.86. The Morgan fingerprint density at radius 2 is 1.90 bits per heavy atom. The molecule has 2 aliphatic heterocycles. The van der Waals surface area contributed by atoms with Gasteiger partial charge in [-0.3, -0.25) is 4.79 Å². The van der Waals surface area contributed by atoms with Crippen LogP contribution < -0.4 is 21.1 Å². The molecule has 5 N–H and O–H groups in total. The molecule has 3 heterocycles. The molecule has 8 nitrogen and oxygen atoms in total. The van der Waals surface area contributed by atoms with Gasteiger partial charge in [-0.05, 0) is 25.0 Å². The number of amidine groups is 1. The fourth-order valence-electron chi connectivity index (χ4n) is 3.75. The van der Waals surface area contributed by atoms with E-state index in [1.807, 2.05) is 4.90 Å². The summed E-state index contributed by atoms with van der Waals surface area (Å²) < 4.78 is 69.3. The van der Waals surface area contributed by atoms with Crippen molar-refractivity contribution in [1.29, 1.82) is 0 Å². The molecule has 0 radical (unpaired) electrons. The molecule has 1 unspecified atom stereocenters. The Balaban J connectivity index is 1.76. The summed E-state index contributed by atoms with van der Waals surface area (Å²) in [6.45, 7) is -2.23.